The molecule has 2 atom stereocenters. The molecule has 0 bridgehead atoms. The summed E-state index contributed by atoms with van der Waals surface area (Å²) in [6.07, 6.45) is 5.39. The van der Waals surface area contributed by atoms with E-state index in [1.54, 1.807) is 0 Å². The number of likely N-dealkylation sites (tertiary alicyclic amines) is 1. The predicted octanol–water partition coefficient (Wildman–Crippen LogP) is 2.51. The Bertz CT molecular complexity index is 345. The van der Waals surface area contributed by atoms with Gasteiger partial charge in [0.25, 0.3) is 0 Å². The first-order valence-electron chi connectivity index (χ1n) is 6.84. The lowest BCUT2D eigenvalue weighted by molar-refractivity contribution is 0.255. The number of nitrogens with zero attached hydrogens (tertiary/aromatic N) is 1. The van der Waals surface area contributed by atoms with Crippen LogP contribution in [0.4, 0.5) is 0 Å². The van der Waals surface area contributed by atoms with E-state index in [0.29, 0.717) is 0 Å². The molecule has 1 saturated heterocycles. The minimum absolute atomic E-state index is 0.727. The van der Waals surface area contributed by atoms with E-state index in [1.165, 1.54) is 37.1 Å². The normalized spacial score (nSPS) is 29.9. The van der Waals surface area contributed by atoms with Gasteiger partial charge in [-0.25, -0.2) is 0 Å². The van der Waals surface area contributed by atoms with E-state index in [2.05, 4.69) is 34.7 Å². The van der Waals surface area contributed by atoms with E-state index in [9.17, 15) is 0 Å². The highest BCUT2D eigenvalue weighted by Crippen LogP contribution is 2.33. The van der Waals surface area contributed by atoms with Crippen LogP contribution in [0.5, 0.6) is 0 Å². The van der Waals surface area contributed by atoms with Crippen LogP contribution in [0.1, 0.15) is 31.1 Å². The second kappa shape index (κ2) is 5.09. The van der Waals surface area contributed by atoms with Crippen molar-refractivity contribution in [2.45, 2.75) is 50.7 Å². The molecule has 1 aromatic heterocycles. The smallest absolute Gasteiger partial charge is 0.0210 e. The van der Waals surface area contributed by atoms with Crippen LogP contribution >= 0.6 is 11.3 Å². The molecule has 2 nitrogen and oxygen atoms in total. The van der Waals surface area contributed by atoms with Gasteiger partial charge in [0.15, 0.2) is 0 Å². The largest absolute Gasteiger partial charge is 0.312 e. The van der Waals surface area contributed by atoms with Gasteiger partial charge in [0.05, 0.1) is 0 Å². The van der Waals surface area contributed by atoms with Crippen LogP contribution in [0, 0.1) is 0 Å². The van der Waals surface area contributed by atoms with Crippen LogP contribution < -0.4 is 5.32 Å². The van der Waals surface area contributed by atoms with Crippen LogP contribution in [0.2, 0.25) is 0 Å². The first-order chi connectivity index (χ1) is 8.33. The van der Waals surface area contributed by atoms with Crippen molar-refractivity contribution >= 4 is 11.3 Å². The first kappa shape index (κ1) is 11.7. The molecule has 2 heterocycles. The summed E-state index contributed by atoms with van der Waals surface area (Å²) in [7, 11) is 0. The monoisotopic (exact) mass is 250 g/mol. The number of nitrogens with one attached hydrogen (secondary N) is 1. The highest BCUT2D eigenvalue weighted by Gasteiger charge is 2.38. The van der Waals surface area contributed by atoms with E-state index in [1.807, 2.05) is 11.3 Å². The summed E-state index contributed by atoms with van der Waals surface area (Å²) in [4.78, 5) is 4.21. The minimum atomic E-state index is 0.727. The molecule has 2 fully saturated rings. The summed E-state index contributed by atoms with van der Waals surface area (Å²) in [5.41, 5.74) is 0. The molecule has 1 N–H and O–H groups in total. The third-order valence-corrected chi connectivity index (χ3v) is 4.96. The number of hydrogen-bond acceptors (Lipinski definition) is 3. The number of hydrogen-bond donors (Lipinski definition) is 1. The molecule has 94 valence electrons. The summed E-state index contributed by atoms with van der Waals surface area (Å²) in [6, 6.07) is 6.83. The molecule has 1 saturated carbocycles. The number of thiophene rings is 1. The van der Waals surface area contributed by atoms with E-state index in [-0.39, 0.29) is 0 Å². The summed E-state index contributed by atoms with van der Waals surface area (Å²) < 4.78 is 0. The van der Waals surface area contributed by atoms with Crippen LogP contribution in [0.3, 0.4) is 0 Å². The van der Waals surface area contributed by atoms with Gasteiger partial charge in [0.1, 0.15) is 0 Å². The fourth-order valence-electron chi connectivity index (χ4n) is 2.97. The van der Waals surface area contributed by atoms with Crippen molar-refractivity contribution in [3.05, 3.63) is 22.4 Å². The molecule has 1 aliphatic carbocycles. The molecular weight excluding hydrogens is 228 g/mol. The van der Waals surface area contributed by atoms with Crippen molar-refractivity contribution in [1.82, 2.24) is 10.2 Å². The van der Waals surface area contributed by atoms with Crippen molar-refractivity contribution in [1.29, 1.82) is 0 Å². The minimum Gasteiger partial charge on any atom is -0.312 e. The van der Waals surface area contributed by atoms with E-state index < -0.39 is 0 Å². The second-order valence-electron chi connectivity index (χ2n) is 5.49. The quantitative estimate of drug-likeness (QED) is 0.864. The molecular formula is C14H22N2S. The Morgan fingerprint density at radius 1 is 1.47 bits per heavy atom. The molecule has 0 aromatic carbocycles. The van der Waals surface area contributed by atoms with E-state index in [4.69, 9.17) is 0 Å². The lowest BCUT2D eigenvalue weighted by atomic mass is 10.2. The highest BCUT2D eigenvalue weighted by molar-refractivity contribution is 7.09. The van der Waals surface area contributed by atoms with Crippen LogP contribution in [-0.2, 0) is 6.42 Å². The van der Waals surface area contributed by atoms with Crippen molar-refractivity contribution in [3.63, 3.8) is 0 Å². The van der Waals surface area contributed by atoms with Crippen molar-refractivity contribution in [2.24, 2.45) is 0 Å². The fraction of sp³-hybridized carbons (Fsp3) is 0.714. The molecule has 0 spiro atoms. The molecule has 2 aliphatic rings. The summed E-state index contributed by atoms with van der Waals surface area (Å²) in [6.45, 7) is 4.80. The van der Waals surface area contributed by atoms with Gasteiger partial charge in [-0.05, 0) is 44.1 Å². The third kappa shape index (κ3) is 2.90. The zero-order valence-electron chi connectivity index (χ0n) is 10.6. The standard InChI is InChI=1S/C14H22N2S/c1-11-9-12(10-16(11)13-4-5-13)15-7-6-14-3-2-8-17-14/h2-3,8,11-13,15H,4-7,9-10H2,1H3. The van der Waals surface area contributed by atoms with Crippen molar-refractivity contribution < 1.29 is 0 Å². The Labute approximate surface area is 108 Å². The van der Waals surface area contributed by atoms with Gasteiger partial charge in [0, 0.05) is 36.1 Å². The summed E-state index contributed by atoms with van der Waals surface area (Å²) in [5, 5.41) is 5.90. The maximum atomic E-state index is 3.73. The summed E-state index contributed by atoms with van der Waals surface area (Å²) >= 11 is 1.87. The topological polar surface area (TPSA) is 15.3 Å². The van der Waals surface area contributed by atoms with E-state index in [0.717, 1.165) is 24.7 Å². The lowest BCUT2D eigenvalue weighted by Gasteiger charge is -2.19. The van der Waals surface area contributed by atoms with Gasteiger partial charge in [0.2, 0.25) is 0 Å². The van der Waals surface area contributed by atoms with Gasteiger partial charge in [-0.3, -0.25) is 4.90 Å². The Morgan fingerprint density at radius 3 is 3.06 bits per heavy atom. The average molecular weight is 250 g/mol. The van der Waals surface area contributed by atoms with Crippen LogP contribution in [-0.4, -0.2) is 36.1 Å². The van der Waals surface area contributed by atoms with Gasteiger partial charge in [-0.15, -0.1) is 11.3 Å². The Morgan fingerprint density at radius 2 is 2.35 bits per heavy atom. The van der Waals surface area contributed by atoms with Gasteiger partial charge < -0.3 is 5.32 Å². The predicted molar refractivity (Wildman–Crippen MR) is 73.6 cm³/mol. The Kier molecular flexibility index (Phi) is 3.50. The van der Waals surface area contributed by atoms with E-state index >= 15 is 0 Å². The molecule has 1 aromatic rings. The maximum Gasteiger partial charge on any atom is 0.0210 e. The number of rotatable bonds is 5. The van der Waals surface area contributed by atoms with Gasteiger partial charge >= 0.3 is 0 Å². The molecule has 2 unspecified atom stereocenters. The summed E-state index contributed by atoms with van der Waals surface area (Å²) in [5.74, 6) is 0. The highest BCUT2D eigenvalue weighted by atomic mass is 32.1. The van der Waals surface area contributed by atoms with Gasteiger partial charge in [-0.1, -0.05) is 6.07 Å². The molecule has 3 rings (SSSR count). The molecule has 0 radical (unpaired) electrons. The van der Waals surface area contributed by atoms with Crippen molar-refractivity contribution in [2.75, 3.05) is 13.1 Å². The fourth-order valence-corrected chi connectivity index (χ4v) is 3.68. The Balaban J connectivity index is 1.41. The zero-order valence-corrected chi connectivity index (χ0v) is 11.4. The third-order valence-electron chi connectivity index (χ3n) is 4.02. The lowest BCUT2D eigenvalue weighted by Crippen LogP contribution is -2.35. The molecule has 1 aliphatic heterocycles. The zero-order chi connectivity index (χ0) is 11.7. The Hall–Kier alpha value is -0.380. The van der Waals surface area contributed by atoms with Crippen molar-refractivity contribution in [3.8, 4) is 0 Å². The van der Waals surface area contributed by atoms with Crippen LogP contribution in [0.25, 0.3) is 0 Å². The molecule has 0 amide bonds. The van der Waals surface area contributed by atoms with Crippen LogP contribution in [0.15, 0.2) is 17.5 Å². The molecule has 17 heavy (non-hydrogen) atoms. The maximum absolute atomic E-state index is 3.73. The second-order valence-corrected chi connectivity index (χ2v) is 6.53. The first-order valence-corrected chi connectivity index (χ1v) is 7.72. The SMILES string of the molecule is CC1CC(NCCc2cccs2)CN1C1CC1. The average Bonchev–Trinajstić information content (AvgIpc) is 2.89. The molecule has 3 heteroatoms. The van der Waals surface area contributed by atoms with Gasteiger partial charge in [-0.2, -0.15) is 0 Å².